The fourth-order valence-corrected chi connectivity index (χ4v) is 8.24. The van der Waals surface area contributed by atoms with Gasteiger partial charge in [-0.1, -0.05) is 121 Å². The van der Waals surface area contributed by atoms with E-state index in [4.69, 9.17) is 19.4 Å². The van der Waals surface area contributed by atoms with E-state index in [2.05, 4.69) is 143 Å². The highest BCUT2D eigenvalue weighted by atomic mass is 16.3. The first kappa shape index (κ1) is 28.1. The monoisotopic (exact) mass is 655 g/mol. The number of fused-ring (bicyclic) bond motifs is 10. The minimum Gasteiger partial charge on any atom is -0.456 e. The topological polar surface area (TPSA) is 60.0 Å². The van der Waals surface area contributed by atoms with E-state index in [9.17, 15) is 0 Å². The van der Waals surface area contributed by atoms with E-state index in [1.54, 1.807) is 0 Å². The predicted octanol–water partition coefficient (Wildman–Crippen LogP) is 10.7. The number of hydrogen-bond acceptors (Lipinski definition) is 5. The Morgan fingerprint density at radius 2 is 1.20 bits per heavy atom. The number of nitrogens with zero attached hydrogens (tertiary/aromatic N) is 5. The molecule has 2 atom stereocenters. The Balaban J connectivity index is 1.08. The van der Waals surface area contributed by atoms with Gasteiger partial charge in [-0.25, -0.2) is 4.98 Å². The van der Waals surface area contributed by atoms with Crippen LogP contribution in [-0.4, -0.2) is 25.6 Å². The minimum absolute atomic E-state index is 0.136. The standard InChI is InChI=1S/C45H29N5O/c1-3-13-28(14-4-1)43-46-44(48-45(47-43)50-35-20-10-7-17-31(35)32-18-8-11-21-36(32)50)29-23-24-34-40(27-29)51-39-26-25-38-41(42(34)39)33-19-9-12-22-37(33)49(38)30-15-5-2-6-16-30/h1-27,38,41H. The van der Waals surface area contributed by atoms with Gasteiger partial charge in [-0.05, 0) is 48.0 Å². The van der Waals surface area contributed by atoms with Gasteiger partial charge in [0.15, 0.2) is 11.6 Å². The molecule has 240 valence electrons. The predicted molar refractivity (Wildman–Crippen MR) is 204 cm³/mol. The Bertz CT molecular complexity index is 2780. The van der Waals surface area contributed by atoms with Crippen molar-refractivity contribution in [3.63, 3.8) is 0 Å². The number of anilines is 2. The van der Waals surface area contributed by atoms with Crippen LogP contribution in [0.25, 0.3) is 67.6 Å². The molecule has 2 aliphatic rings. The van der Waals surface area contributed by atoms with Gasteiger partial charge in [0, 0.05) is 50.1 Å². The SMILES string of the molecule is C1=CC2C(c3ccccc3N2c2ccccc2)c2c1oc1cc(-c3nc(-c4ccccc4)nc(-n4c5ccccc5c5ccccc54)n3)ccc21. The summed E-state index contributed by atoms with van der Waals surface area (Å²) in [5.41, 5.74) is 9.66. The summed E-state index contributed by atoms with van der Waals surface area (Å²) >= 11 is 0. The first-order valence-electron chi connectivity index (χ1n) is 17.3. The first-order valence-corrected chi connectivity index (χ1v) is 17.3. The fourth-order valence-electron chi connectivity index (χ4n) is 8.24. The maximum absolute atomic E-state index is 6.67. The maximum atomic E-state index is 6.67. The van der Waals surface area contributed by atoms with Gasteiger partial charge >= 0.3 is 0 Å². The van der Waals surface area contributed by atoms with Crippen molar-refractivity contribution in [1.29, 1.82) is 0 Å². The average Bonchev–Trinajstić information content (AvgIpc) is 3.85. The molecule has 1 aliphatic carbocycles. The number of aromatic nitrogens is 4. The summed E-state index contributed by atoms with van der Waals surface area (Å²) in [5, 5.41) is 3.42. The van der Waals surface area contributed by atoms with Crippen LogP contribution in [0.1, 0.15) is 22.8 Å². The maximum Gasteiger partial charge on any atom is 0.238 e. The summed E-state index contributed by atoms with van der Waals surface area (Å²) in [5.74, 6) is 2.82. The fraction of sp³-hybridized carbons (Fsp3) is 0.0444. The van der Waals surface area contributed by atoms with Crippen molar-refractivity contribution >= 4 is 50.2 Å². The lowest BCUT2D eigenvalue weighted by Crippen LogP contribution is -2.30. The molecule has 51 heavy (non-hydrogen) atoms. The third kappa shape index (κ3) is 4.20. The van der Waals surface area contributed by atoms with Crippen molar-refractivity contribution in [3.05, 3.63) is 175 Å². The van der Waals surface area contributed by atoms with Crippen LogP contribution in [0.2, 0.25) is 0 Å². The van der Waals surface area contributed by atoms with Crippen LogP contribution < -0.4 is 4.90 Å². The molecule has 2 unspecified atom stereocenters. The Morgan fingerprint density at radius 1 is 0.549 bits per heavy atom. The van der Waals surface area contributed by atoms with E-state index in [1.807, 2.05) is 30.3 Å². The third-order valence-electron chi connectivity index (χ3n) is 10.4. The molecule has 0 bridgehead atoms. The highest BCUT2D eigenvalue weighted by molar-refractivity contribution is 6.09. The van der Waals surface area contributed by atoms with E-state index < -0.39 is 0 Å². The van der Waals surface area contributed by atoms with Gasteiger partial charge in [-0.3, -0.25) is 4.57 Å². The zero-order chi connectivity index (χ0) is 33.5. The zero-order valence-electron chi connectivity index (χ0n) is 27.4. The number of rotatable bonds is 4. The number of hydrogen-bond donors (Lipinski definition) is 0. The quantitative estimate of drug-likeness (QED) is 0.189. The molecule has 0 saturated heterocycles. The lowest BCUT2D eigenvalue weighted by Gasteiger charge is -2.30. The summed E-state index contributed by atoms with van der Waals surface area (Å²) < 4.78 is 8.81. The molecular formula is C45H29N5O. The average molecular weight is 656 g/mol. The molecule has 4 heterocycles. The Hall–Kier alpha value is -6.79. The largest absolute Gasteiger partial charge is 0.456 e. The molecule has 6 nitrogen and oxygen atoms in total. The van der Waals surface area contributed by atoms with E-state index in [1.165, 1.54) is 22.5 Å². The summed E-state index contributed by atoms with van der Waals surface area (Å²) in [6, 6.07) is 52.9. The number of para-hydroxylation sites is 4. The Kier molecular flexibility index (Phi) is 5.98. The number of furan rings is 1. The first-order chi connectivity index (χ1) is 25.3. The third-order valence-corrected chi connectivity index (χ3v) is 10.4. The second kappa shape index (κ2) is 10.9. The summed E-state index contributed by atoms with van der Waals surface area (Å²) in [4.78, 5) is 17.8. The zero-order valence-corrected chi connectivity index (χ0v) is 27.4. The van der Waals surface area contributed by atoms with Gasteiger partial charge in [-0.15, -0.1) is 0 Å². The normalized spacial score (nSPS) is 16.1. The molecule has 6 aromatic carbocycles. The summed E-state index contributed by atoms with van der Waals surface area (Å²) in [6.07, 6.45) is 4.44. The van der Waals surface area contributed by atoms with Gasteiger partial charge in [0.2, 0.25) is 5.95 Å². The van der Waals surface area contributed by atoms with Crippen LogP contribution in [0.5, 0.6) is 0 Å². The number of benzene rings is 6. The van der Waals surface area contributed by atoms with Gasteiger partial charge in [0.1, 0.15) is 11.3 Å². The Labute approximate surface area is 293 Å². The van der Waals surface area contributed by atoms with Crippen LogP contribution in [0.15, 0.2) is 162 Å². The van der Waals surface area contributed by atoms with Crippen LogP contribution in [-0.2, 0) is 0 Å². The highest BCUT2D eigenvalue weighted by Crippen LogP contribution is 2.53. The minimum atomic E-state index is 0.136. The molecule has 1 aliphatic heterocycles. The second-order valence-corrected chi connectivity index (χ2v) is 13.2. The van der Waals surface area contributed by atoms with Crippen molar-refractivity contribution in [2.45, 2.75) is 12.0 Å². The molecule has 11 rings (SSSR count). The van der Waals surface area contributed by atoms with E-state index >= 15 is 0 Å². The van der Waals surface area contributed by atoms with Gasteiger partial charge < -0.3 is 9.32 Å². The van der Waals surface area contributed by atoms with Crippen LogP contribution in [0, 0.1) is 0 Å². The molecule has 0 spiro atoms. The molecule has 0 saturated carbocycles. The van der Waals surface area contributed by atoms with Crippen molar-refractivity contribution in [1.82, 2.24) is 19.5 Å². The van der Waals surface area contributed by atoms with Crippen molar-refractivity contribution in [3.8, 4) is 28.7 Å². The van der Waals surface area contributed by atoms with Crippen LogP contribution in [0.3, 0.4) is 0 Å². The molecule has 9 aromatic rings. The molecule has 0 radical (unpaired) electrons. The molecule has 3 aromatic heterocycles. The molecule has 0 N–H and O–H groups in total. The van der Waals surface area contributed by atoms with Crippen LogP contribution in [0.4, 0.5) is 11.4 Å². The second-order valence-electron chi connectivity index (χ2n) is 13.2. The lowest BCUT2D eigenvalue weighted by molar-refractivity contribution is 0.584. The van der Waals surface area contributed by atoms with Crippen molar-refractivity contribution in [2.75, 3.05) is 4.90 Å². The summed E-state index contributed by atoms with van der Waals surface area (Å²) in [7, 11) is 0. The van der Waals surface area contributed by atoms with Gasteiger partial charge in [-0.2, -0.15) is 9.97 Å². The van der Waals surface area contributed by atoms with Gasteiger partial charge in [0.05, 0.1) is 17.1 Å². The Morgan fingerprint density at radius 3 is 1.96 bits per heavy atom. The summed E-state index contributed by atoms with van der Waals surface area (Å²) in [6.45, 7) is 0. The highest BCUT2D eigenvalue weighted by Gasteiger charge is 2.43. The molecular weight excluding hydrogens is 627 g/mol. The van der Waals surface area contributed by atoms with Crippen molar-refractivity contribution < 1.29 is 4.42 Å². The van der Waals surface area contributed by atoms with E-state index in [0.717, 1.165) is 49.7 Å². The van der Waals surface area contributed by atoms with E-state index in [0.29, 0.717) is 17.6 Å². The van der Waals surface area contributed by atoms with Gasteiger partial charge in [0.25, 0.3) is 0 Å². The molecule has 0 fully saturated rings. The molecule has 6 heteroatoms. The van der Waals surface area contributed by atoms with E-state index in [-0.39, 0.29) is 12.0 Å². The lowest BCUT2D eigenvalue weighted by atomic mass is 9.82. The smallest absolute Gasteiger partial charge is 0.238 e. The molecule has 0 amide bonds. The van der Waals surface area contributed by atoms with Crippen LogP contribution >= 0.6 is 0 Å². The van der Waals surface area contributed by atoms with Crippen molar-refractivity contribution in [2.24, 2.45) is 0 Å².